The van der Waals surface area contributed by atoms with Gasteiger partial charge < -0.3 is 5.11 Å². The van der Waals surface area contributed by atoms with E-state index in [9.17, 15) is 18.3 Å². The Labute approximate surface area is 146 Å². The lowest BCUT2D eigenvalue weighted by molar-refractivity contribution is -0.141. The average molecular weight is 360 g/mol. The van der Waals surface area contributed by atoms with Crippen molar-refractivity contribution in [2.45, 2.75) is 49.1 Å². The number of aliphatic carboxylic acids is 1. The summed E-state index contributed by atoms with van der Waals surface area (Å²) in [5, 5.41) is 10.3. The number of aromatic nitrogens is 1. The van der Waals surface area contributed by atoms with Gasteiger partial charge in [-0.3, -0.25) is 9.78 Å². The molecule has 1 saturated carbocycles. The van der Waals surface area contributed by atoms with E-state index in [4.69, 9.17) is 0 Å². The fourth-order valence-corrected chi connectivity index (χ4v) is 6.14. The minimum atomic E-state index is -3.90. The van der Waals surface area contributed by atoms with Crippen LogP contribution in [0.5, 0.6) is 0 Å². The summed E-state index contributed by atoms with van der Waals surface area (Å²) in [5.41, 5.74) is 0.716. The highest BCUT2D eigenvalue weighted by Crippen LogP contribution is 2.42. The fourth-order valence-electron chi connectivity index (χ4n) is 4.29. The minimum Gasteiger partial charge on any atom is -0.480 e. The minimum absolute atomic E-state index is 0.0728. The van der Waals surface area contributed by atoms with Gasteiger partial charge in [0.05, 0.1) is 5.52 Å². The van der Waals surface area contributed by atoms with Crippen molar-refractivity contribution in [3.8, 4) is 0 Å². The van der Waals surface area contributed by atoms with Crippen molar-refractivity contribution in [3.05, 3.63) is 36.5 Å². The quantitative estimate of drug-likeness (QED) is 0.909. The number of para-hydroxylation sites is 1. The van der Waals surface area contributed by atoms with E-state index in [1.54, 1.807) is 6.07 Å². The molecule has 7 heteroatoms. The van der Waals surface area contributed by atoms with Crippen molar-refractivity contribution >= 4 is 26.9 Å². The zero-order valence-electron chi connectivity index (χ0n) is 13.7. The number of hydrogen-bond acceptors (Lipinski definition) is 4. The molecule has 1 aromatic heterocycles. The third kappa shape index (κ3) is 2.71. The molecule has 2 fully saturated rings. The number of carboxylic acids is 1. The molecule has 6 nitrogen and oxygen atoms in total. The first kappa shape index (κ1) is 16.5. The maximum Gasteiger partial charge on any atom is 0.322 e. The first-order valence-corrected chi connectivity index (χ1v) is 10.0. The topological polar surface area (TPSA) is 87.6 Å². The number of pyridine rings is 1. The van der Waals surface area contributed by atoms with Crippen LogP contribution in [0, 0.1) is 5.92 Å². The lowest BCUT2D eigenvalue weighted by atomic mass is 9.85. The van der Waals surface area contributed by atoms with Gasteiger partial charge in [-0.2, -0.15) is 4.31 Å². The van der Waals surface area contributed by atoms with E-state index >= 15 is 0 Å². The van der Waals surface area contributed by atoms with Gasteiger partial charge in [-0.15, -0.1) is 0 Å². The Kier molecular flexibility index (Phi) is 4.00. The van der Waals surface area contributed by atoms with E-state index in [0.29, 0.717) is 11.9 Å². The van der Waals surface area contributed by atoms with Crippen LogP contribution in [0.4, 0.5) is 0 Å². The highest BCUT2D eigenvalue weighted by atomic mass is 32.2. The molecule has 1 saturated heterocycles. The van der Waals surface area contributed by atoms with Gasteiger partial charge in [-0.1, -0.05) is 31.0 Å². The fraction of sp³-hybridized carbons (Fsp3) is 0.444. The van der Waals surface area contributed by atoms with E-state index in [2.05, 4.69) is 4.98 Å². The van der Waals surface area contributed by atoms with Gasteiger partial charge in [0.15, 0.2) is 0 Å². The normalized spacial score (nSPS) is 27.3. The third-order valence-electron chi connectivity index (χ3n) is 5.45. The van der Waals surface area contributed by atoms with E-state index in [1.165, 1.54) is 10.5 Å². The Morgan fingerprint density at radius 2 is 1.96 bits per heavy atom. The molecule has 1 aliphatic carbocycles. The standard InChI is InChI=1S/C18H20N2O4S/c21-18(22)17-10-13-6-2-4-8-16(13)20(17)25(23,24)14-9-12-5-1-3-7-15(12)19-11-14/h1,3,5,7,9,11,13,16-17H,2,4,6,8,10H2,(H,21,22). The summed E-state index contributed by atoms with van der Waals surface area (Å²) in [6.45, 7) is 0. The van der Waals surface area contributed by atoms with Gasteiger partial charge in [0.25, 0.3) is 0 Å². The second-order valence-electron chi connectivity index (χ2n) is 6.90. The number of nitrogens with zero attached hydrogens (tertiary/aromatic N) is 2. The second-order valence-corrected chi connectivity index (χ2v) is 8.74. The average Bonchev–Trinajstić information content (AvgIpc) is 3.02. The van der Waals surface area contributed by atoms with Crippen LogP contribution < -0.4 is 0 Å². The molecule has 0 bridgehead atoms. The van der Waals surface area contributed by atoms with Crippen molar-refractivity contribution in [2.75, 3.05) is 0 Å². The number of benzene rings is 1. The van der Waals surface area contributed by atoms with Crippen LogP contribution in [0.2, 0.25) is 0 Å². The molecule has 1 N–H and O–H groups in total. The molecule has 3 atom stereocenters. The van der Waals surface area contributed by atoms with E-state index < -0.39 is 22.0 Å². The van der Waals surface area contributed by atoms with Gasteiger partial charge in [-0.05, 0) is 37.3 Å². The summed E-state index contributed by atoms with van der Waals surface area (Å²) in [7, 11) is -3.90. The van der Waals surface area contributed by atoms with Crippen LogP contribution in [-0.2, 0) is 14.8 Å². The van der Waals surface area contributed by atoms with Crippen molar-refractivity contribution in [3.63, 3.8) is 0 Å². The predicted octanol–water partition coefficient (Wildman–Crippen LogP) is 2.64. The Bertz CT molecular complexity index is 928. The molecular weight excluding hydrogens is 340 g/mol. The number of rotatable bonds is 3. The van der Waals surface area contributed by atoms with Crippen LogP contribution >= 0.6 is 0 Å². The molecule has 4 rings (SSSR count). The van der Waals surface area contributed by atoms with Crippen molar-refractivity contribution in [1.82, 2.24) is 9.29 Å². The highest BCUT2D eigenvalue weighted by molar-refractivity contribution is 7.89. The SMILES string of the molecule is O=C(O)C1CC2CCCCC2N1S(=O)(=O)c1cnc2ccccc2c1. The largest absolute Gasteiger partial charge is 0.480 e. The molecule has 25 heavy (non-hydrogen) atoms. The number of hydrogen-bond donors (Lipinski definition) is 1. The number of carbonyl (C=O) groups is 1. The molecule has 0 radical (unpaired) electrons. The maximum absolute atomic E-state index is 13.3. The highest BCUT2D eigenvalue weighted by Gasteiger charge is 2.51. The summed E-state index contributed by atoms with van der Waals surface area (Å²) in [5.74, 6) is -0.926. The Hall–Kier alpha value is -1.99. The zero-order chi connectivity index (χ0) is 17.6. The molecule has 2 aliphatic rings. The number of sulfonamides is 1. The van der Waals surface area contributed by atoms with Crippen LogP contribution in [0.3, 0.4) is 0 Å². The van der Waals surface area contributed by atoms with Crippen LogP contribution in [0.25, 0.3) is 10.9 Å². The Morgan fingerprint density at radius 3 is 2.76 bits per heavy atom. The van der Waals surface area contributed by atoms with Gasteiger partial charge in [0.1, 0.15) is 10.9 Å². The van der Waals surface area contributed by atoms with E-state index in [1.807, 2.05) is 24.3 Å². The zero-order valence-corrected chi connectivity index (χ0v) is 14.5. The van der Waals surface area contributed by atoms with Crippen molar-refractivity contribution < 1.29 is 18.3 Å². The second kappa shape index (κ2) is 6.07. The molecule has 0 spiro atoms. The third-order valence-corrected chi connectivity index (χ3v) is 7.35. The summed E-state index contributed by atoms with van der Waals surface area (Å²) in [6, 6.07) is 7.69. The molecule has 0 amide bonds. The van der Waals surface area contributed by atoms with Crippen molar-refractivity contribution in [2.24, 2.45) is 5.92 Å². The van der Waals surface area contributed by atoms with E-state index in [0.717, 1.165) is 31.1 Å². The molecule has 1 aromatic carbocycles. The summed E-state index contributed by atoms with van der Waals surface area (Å²) in [4.78, 5) is 16.0. The lowest BCUT2D eigenvalue weighted by Gasteiger charge is -2.32. The predicted molar refractivity (Wildman–Crippen MR) is 92.6 cm³/mol. The van der Waals surface area contributed by atoms with Gasteiger partial charge in [-0.25, -0.2) is 8.42 Å². The van der Waals surface area contributed by atoms with Crippen molar-refractivity contribution in [1.29, 1.82) is 0 Å². The molecular formula is C18H20N2O4S. The Balaban J connectivity index is 1.79. The molecule has 3 unspecified atom stereocenters. The van der Waals surface area contributed by atoms with Crippen LogP contribution in [0.15, 0.2) is 41.4 Å². The van der Waals surface area contributed by atoms with Crippen LogP contribution in [-0.4, -0.2) is 40.9 Å². The molecule has 2 aromatic rings. The number of carboxylic acid groups (broad SMARTS) is 1. The molecule has 1 aliphatic heterocycles. The van der Waals surface area contributed by atoms with Gasteiger partial charge in [0, 0.05) is 17.6 Å². The monoisotopic (exact) mass is 360 g/mol. The summed E-state index contributed by atoms with van der Waals surface area (Å²) < 4.78 is 27.8. The van der Waals surface area contributed by atoms with Gasteiger partial charge >= 0.3 is 5.97 Å². The lowest BCUT2D eigenvalue weighted by Crippen LogP contribution is -2.46. The maximum atomic E-state index is 13.3. The number of fused-ring (bicyclic) bond motifs is 2. The smallest absolute Gasteiger partial charge is 0.322 e. The molecule has 2 heterocycles. The first-order valence-electron chi connectivity index (χ1n) is 8.59. The summed E-state index contributed by atoms with van der Waals surface area (Å²) in [6.07, 6.45) is 5.35. The summed E-state index contributed by atoms with van der Waals surface area (Å²) >= 11 is 0. The van der Waals surface area contributed by atoms with Crippen LogP contribution in [0.1, 0.15) is 32.1 Å². The van der Waals surface area contributed by atoms with Gasteiger partial charge in [0.2, 0.25) is 10.0 Å². The first-order chi connectivity index (χ1) is 12.0. The Morgan fingerprint density at radius 1 is 1.20 bits per heavy atom. The van der Waals surface area contributed by atoms with E-state index in [-0.39, 0.29) is 16.9 Å². The molecule has 132 valence electrons.